The van der Waals surface area contributed by atoms with Crippen LogP contribution in [0, 0.1) is 0 Å². The molecule has 0 N–H and O–H groups in total. The van der Waals surface area contributed by atoms with E-state index < -0.39 is 17.1 Å². The number of hydrogen-bond acceptors (Lipinski definition) is 9. The van der Waals surface area contributed by atoms with Crippen LogP contribution in [0.2, 0.25) is 0 Å². The first-order chi connectivity index (χ1) is 20.6. The Balaban J connectivity index is 2.75. The molecule has 0 aliphatic rings. The van der Waals surface area contributed by atoms with Crippen molar-refractivity contribution in [2.24, 2.45) is 15.0 Å². The summed E-state index contributed by atoms with van der Waals surface area (Å²) in [5.74, 6) is 0. The Morgan fingerprint density at radius 2 is 0.571 bits per heavy atom. The van der Waals surface area contributed by atoms with Gasteiger partial charge in [-0.25, -0.2) is 57.4 Å². The van der Waals surface area contributed by atoms with Gasteiger partial charge in [-0.1, -0.05) is 77.0 Å². The van der Waals surface area contributed by atoms with E-state index in [1.165, 1.54) is 31.9 Å². The Hall–Kier alpha value is -3.45. The van der Waals surface area contributed by atoms with Crippen molar-refractivity contribution in [2.75, 3.05) is 19.6 Å². The minimum absolute atomic E-state index is 0.278. The van der Waals surface area contributed by atoms with Crippen molar-refractivity contribution in [3.63, 3.8) is 0 Å². The summed E-state index contributed by atoms with van der Waals surface area (Å²) in [6.45, 7) is 2.31. The largest absolute Gasteiger partial charge is 0.336 e. The normalized spacial score (nSPS) is 10.6. The van der Waals surface area contributed by atoms with Gasteiger partial charge in [0.2, 0.25) is 18.2 Å². The maximum absolute atomic E-state index is 13.2. The highest BCUT2D eigenvalue weighted by Crippen LogP contribution is 2.08. The number of aliphatic imine (C=N–C) groups is 3. The molecule has 12 nitrogen and oxygen atoms in total. The van der Waals surface area contributed by atoms with E-state index >= 15 is 0 Å². The van der Waals surface area contributed by atoms with Gasteiger partial charge >= 0.3 is 17.1 Å². The molecule has 0 aliphatic carbocycles. The predicted molar refractivity (Wildman–Crippen MR) is 161 cm³/mol. The standard InChI is InChI=1S/C30H48N6O6/c37-25-31-19-13-7-1-4-10-16-22-34-28(40)35(23-17-11-5-2-8-14-20-32-26-38)30(42)36(29(34)41)24-18-12-6-3-9-15-21-33-27-39/h1-24H2. The van der Waals surface area contributed by atoms with Gasteiger partial charge in [0, 0.05) is 19.6 Å². The molecular formula is C30H48N6O6. The Kier molecular flexibility index (Phi) is 22.0. The maximum Gasteiger partial charge on any atom is 0.336 e. The molecule has 1 rings (SSSR count). The lowest BCUT2D eigenvalue weighted by Crippen LogP contribution is -2.54. The molecule has 0 atom stereocenters. The number of unbranched alkanes of at least 4 members (excludes halogenated alkanes) is 15. The van der Waals surface area contributed by atoms with Crippen LogP contribution in [0.4, 0.5) is 0 Å². The lowest BCUT2D eigenvalue weighted by atomic mass is 10.1. The molecule has 0 aromatic carbocycles. The Morgan fingerprint density at radius 3 is 0.810 bits per heavy atom. The zero-order valence-electron chi connectivity index (χ0n) is 25.1. The zero-order valence-corrected chi connectivity index (χ0v) is 25.1. The molecule has 12 heteroatoms. The van der Waals surface area contributed by atoms with Gasteiger partial charge in [-0.15, -0.1) is 0 Å². The highest BCUT2D eigenvalue weighted by Gasteiger charge is 2.15. The molecule has 0 radical (unpaired) electrons. The number of aromatic nitrogens is 3. The molecular weight excluding hydrogens is 540 g/mol. The molecule has 0 bridgehead atoms. The average Bonchev–Trinajstić information content (AvgIpc) is 2.99. The third-order valence-corrected chi connectivity index (χ3v) is 7.28. The lowest BCUT2D eigenvalue weighted by molar-refractivity contribution is 0.411. The van der Waals surface area contributed by atoms with Crippen LogP contribution in [-0.2, 0) is 34.0 Å². The number of carbonyl (C=O) groups excluding carboxylic acids is 3. The van der Waals surface area contributed by atoms with E-state index in [0.29, 0.717) is 38.9 Å². The number of isocyanates is 3. The first-order valence-corrected chi connectivity index (χ1v) is 15.6. The van der Waals surface area contributed by atoms with E-state index in [1.807, 2.05) is 0 Å². The molecule has 0 amide bonds. The van der Waals surface area contributed by atoms with E-state index in [1.54, 1.807) is 0 Å². The minimum atomic E-state index is -0.530. The van der Waals surface area contributed by atoms with Crippen molar-refractivity contribution in [2.45, 2.75) is 135 Å². The zero-order chi connectivity index (χ0) is 30.7. The first-order valence-electron chi connectivity index (χ1n) is 15.6. The summed E-state index contributed by atoms with van der Waals surface area (Å²) in [4.78, 5) is 80.7. The molecule has 0 aliphatic heterocycles. The van der Waals surface area contributed by atoms with Crippen molar-refractivity contribution >= 4 is 18.2 Å². The first kappa shape index (κ1) is 36.6. The smallest absolute Gasteiger partial charge is 0.247 e. The summed E-state index contributed by atoms with van der Waals surface area (Å²) in [6, 6.07) is 0. The summed E-state index contributed by atoms with van der Waals surface area (Å²) < 4.78 is 3.67. The topological polar surface area (TPSA) is 154 Å². The Labute approximate surface area is 247 Å². The predicted octanol–water partition coefficient (Wildman–Crippen LogP) is 4.20. The van der Waals surface area contributed by atoms with Crippen LogP contribution >= 0.6 is 0 Å². The third kappa shape index (κ3) is 16.1. The monoisotopic (exact) mass is 588 g/mol. The van der Waals surface area contributed by atoms with Gasteiger partial charge in [0.1, 0.15) is 0 Å². The molecule has 1 aromatic heterocycles. The van der Waals surface area contributed by atoms with E-state index in [9.17, 15) is 28.8 Å². The van der Waals surface area contributed by atoms with Crippen LogP contribution in [0.25, 0.3) is 0 Å². The van der Waals surface area contributed by atoms with Gasteiger partial charge in [-0.3, -0.25) is 0 Å². The molecule has 0 unspecified atom stereocenters. The molecule has 0 saturated heterocycles. The third-order valence-electron chi connectivity index (χ3n) is 7.28. The van der Waals surface area contributed by atoms with Gasteiger partial charge in [0.25, 0.3) is 0 Å². The average molecular weight is 589 g/mol. The van der Waals surface area contributed by atoms with Gasteiger partial charge in [-0.2, -0.15) is 0 Å². The summed E-state index contributed by atoms with van der Waals surface area (Å²) in [7, 11) is 0. The second kappa shape index (κ2) is 25.3. The fourth-order valence-electron chi connectivity index (χ4n) is 4.90. The van der Waals surface area contributed by atoms with Gasteiger partial charge in [0.15, 0.2) is 0 Å². The molecule has 234 valence electrons. The number of rotatable bonds is 27. The van der Waals surface area contributed by atoms with Crippen molar-refractivity contribution in [1.29, 1.82) is 0 Å². The van der Waals surface area contributed by atoms with Crippen molar-refractivity contribution in [1.82, 2.24) is 13.7 Å². The highest BCUT2D eigenvalue weighted by atomic mass is 16.2. The Morgan fingerprint density at radius 1 is 0.357 bits per heavy atom. The highest BCUT2D eigenvalue weighted by molar-refractivity contribution is 5.33. The van der Waals surface area contributed by atoms with Gasteiger partial charge in [0.05, 0.1) is 19.6 Å². The number of nitrogens with zero attached hydrogens (tertiary/aromatic N) is 6. The summed E-state index contributed by atoms with van der Waals surface area (Å²) in [5.41, 5.74) is -1.59. The van der Waals surface area contributed by atoms with Gasteiger partial charge < -0.3 is 0 Å². The van der Waals surface area contributed by atoms with Crippen LogP contribution in [0.15, 0.2) is 29.4 Å². The van der Waals surface area contributed by atoms with Crippen molar-refractivity contribution < 1.29 is 14.4 Å². The van der Waals surface area contributed by atoms with Crippen LogP contribution in [0.5, 0.6) is 0 Å². The van der Waals surface area contributed by atoms with Crippen LogP contribution in [0.3, 0.4) is 0 Å². The lowest BCUT2D eigenvalue weighted by Gasteiger charge is -2.14. The minimum Gasteiger partial charge on any atom is -0.247 e. The fraction of sp³-hybridized carbons (Fsp3) is 0.800. The van der Waals surface area contributed by atoms with Crippen molar-refractivity contribution in [3.8, 4) is 0 Å². The molecule has 0 fully saturated rings. The summed E-state index contributed by atoms with van der Waals surface area (Å²) in [5, 5.41) is 0. The van der Waals surface area contributed by atoms with E-state index in [-0.39, 0.29) is 19.6 Å². The van der Waals surface area contributed by atoms with Crippen molar-refractivity contribution in [3.05, 3.63) is 31.5 Å². The van der Waals surface area contributed by atoms with Crippen LogP contribution in [0.1, 0.15) is 116 Å². The molecule has 0 saturated carbocycles. The number of hydrogen-bond donors (Lipinski definition) is 0. The quantitative estimate of drug-likeness (QED) is 0.0852. The summed E-state index contributed by atoms with van der Waals surface area (Å²) >= 11 is 0. The van der Waals surface area contributed by atoms with Gasteiger partial charge in [-0.05, 0) is 38.5 Å². The van der Waals surface area contributed by atoms with E-state index in [2.05, 4.69) is 15.0 Å². The van der Waals surface area contributed by atoms with Crippen LogP contribution < -0.4 is 17.1 Å². The molecule has 0 spiro atoms. The Bertz CT molecular complexity index is 1020. The second-order valence-electron chi connectivity index (χ2n) is 10.6. The fourth-order valence-corrected chi connectivity index (χ4v) is 4.90. The molecule has 42 heavy (non-hydrogen) atoms. The second-order valence-corrected chi connectivity index (χ2v) is 10.6. The van der Waals surface area contributed by atoms with E-state index in [4.69, 9.17) is 0 Å². The SMILES string of the molecule is O=C=NCCCCCCCCn1c(=O)n(CCCCCCCCN=C=O)c(=O)n(CCCCCCCCN=C=O)c1=O. The maximum atomic E-state index is 13.2. The van der Waals surface area contributed by atoms with E-state index in [0.717, 1.165) is 96.3 Å². The molecule has 1 heterocycles. The molecule has 1 aromatic rings. The van der Waals surface area contributed by atoms with Crippen LogP contribution in [-0.4, -0.2) is 51.6 Å². The summed E-state index contributed by atoms with van der Waals surface area (Å²) in [6.07, 6.45) is 20.4.